The summed E-state index contributed by atoms with van der Waals surface area (Å²) in [6, 6.07) is 0. The lowest BCUT2D eigenvalue weighted by Crippen LogP contribution is -3.00. The van der Waals surface area contributed by atoms with E-state index in [1.807, 2.05) is 19.2 Å². The molecule has 0 saturated carbocycles. The number of nitrogens with one attached hydrogen (secondary N) is 1. The molecule has 2 nitrogen and oxygen atoms in total. The minimum atomic E-state index is 0. The van der Waals surface area contributed by atoms with E-state index in [1.165, 1.54) is 19.5 Å². The molecule has 3 heteroatoms. The maximum absolute atomic E-state index is 3.24. The van der Waals surface area contributed by atoms with E-state index in [2.05, 4.69) is 26.3 Å². The summed E-state index contributed by atoms with van der Waals surface area (Å²) < 4.78 is 1.12. The lowest BCUT2D eigenvalue weighted by molar-refractivity contribution is -0.888. The van der Waals surface area contributed by atoms with Gasteiger partial charge in [-0.1, -0.05) is 6.08 Å². The predicted molar refractivity (Wildman–Crippen MR) is 55.0 cm³/mol. The molecule has 0 fully saturated rings. The van der Waals surface area contributed by atoms with Crippen LogP contribution in [0.1, 0.15) is 20.3 Å². The van der Waals surface area contributed by atoms with E-state index in [0.717, 1.165) is 11.0 Å². The molecule has 1 N–H and O–H groups in total. The summed E-state index contributed by atoms with van der Waals surface area (Å²) in [7, 11) is 4.55. The van der Waals surface area contributed by atoms with Gasteiger partial charge < -0.3 is 22.2 Å². The molecule has 0 aromatic rings. The molecule has 0 bridgehead atoms. The van der Waals surface area contributed by atoms with Gasteiger partial charge in [-0.05, 0) is 20.0 Å². The Morgan fingerprint density at radius 3 is 2.38 bits per heavy atom. The number of quaternary nitrogens is 1. The largest absolute Gasteiger partial charge is 1.00 e. The Kier molecular flexibility index (Phi) is 9.86. The second-order valence-corrected chi connectivity index (χ2v) is 3.78. The molecule has 80 valence electrons. The van der Waals surface area contributed by atoms with E-state index >= 15 is 0 Å². The number of hydrogen-bond donors (Lipinski definition) is 1. The smallest absolute Gasteiger partial charge is 0.0799 e. The molecule has 0 spiro atoms. The second-order valence-electron chi connectivity index (χ2n) is 3.78. The number of nitrogens with zero attached hydrogens (tertiary/aromatic N) is 1. The van der Waals surface area contributed by atoms with Gasteiger partial charge >= 0.3 is 0 Å². The van der Waals surface area contributed by atoms with Gasteiger partial charge in [0.15, 0.2) is 0 Å². The summed E-state index contributed by atoms with van der Waals surface area (Å²) >= 11 is 0. The van der Waals surface area contributed by atoms with Crippen molar-refractivity contribution >= 4 is 0 Å². The molecule has 0 radical (unpaired) electrons. The number of rotatable bonds is 6. The molecule has 0 saturated heterocycles. The normalized spacial score (nSPS) is 11.4. The van der Waals surface area contributed by atoms with Crippen molar-refractivity contribution in [1.29, 1.82) is 0 Å². The fourth-order valence-corrected chi connectivity index (χ4v) is 0.968. The van der Waals surface area contributed by atoms with E-state index in [1.54, 1.807) is 0 Å². The predicted octanol–water partition coefficient (Wildman–Crippen LogP) is -1.40. The van der Waals surface area contributed by atoms with Gasteiger partial charge in [0.05, 0.1) is 27.2 Å². The average molecular weight is 207 g/mol. The van der Waals surface area contributed by atoms with E-state index in [0.29, 0.717) is 0 Å². The van der Waals surface area contributed by atoms with Gasteiger partial charge in [-0.2, -0.15) is 0 Å². The first-order valence-corrected chi connectivity index (χ1v) is 4.79. The molecule has 13 heavy (non-hydrogen) atoms. The molecule has 0 aliphatic heterocycles. The Morgan fingerprint density at radius 1 is 1.31 bits per heavy atom. The average Bonchev–Trinajstić information content (AvgIpc) is 2.04. The van der Waals surface area contributed by atoms with Crippen molar-refractivity contribution < 1.29 is 16.9 Å². The van der Waals surface area contributed by atoms with Crippen LogP contribution in [0.15, 0.2) is 12.3 Å². The molecule has 0 rings (SSSR count). The highest BCUT2D eigenvalue weighted by atomic mass is 35.5. The van der Waals surface area contributed by atoms with Crippen molar-refractivity contribution in [2.24, 2.45) is 0 Å². The van der Waals surface area contributed by atoms with E-state index in [4.69, 9.17) is 0 Å². The molecule has 0 aliphatic rings. The SMILES string of the molecule is CC=CNCCC[N+](C)(C)CC.[Cl-]. The van der Waals surface area contributed by atoms with Crippen LogP contribution in [0, 0.1) is 0 Å². The van der Waals surface area contributed by atoms with E-state index in [9.17, 15) is 0 Å². The Labute approximate surface area is 89.0 Å². The monoisotopic (exact) mass is 206 g/mol. The van der Waals surface area contributed by atoms with Gasteiger partial charge in [-0.25, -0.2) is 0 Å². The molecular formula is C10H23ClN2. The van der Waals surface area contributed by atoms with Gasteiger partial charge in [-0.3, -0.25) is 0 Å². The standard InChI is InChI=1S/C10H23N2.ClH/c1-5-8-11-9-7-10-12(3,4)6-2;/h5,8,11H,6-7,9-10H2,1-4H3;1H/q+1;/p-1. The van der Waals surface area contributed by atoms with Crippen molar-refractivity contribution in [2.45, 2.75) is 20.3 Å². The Bertz CT molecular complexity index is 133. The highest BCUT2D eigenvalue weighted by molar-refractivity contribution is 4.73. The van der Waals surface area contributed by atoms with Crippen molar-refractivity contribution in [3.63, 3.8) is 0 Å². The zero-order valence-corrected chi connectivity index (χ0v) is 10.1. The number of allylic oxidation sites excluding steroid dienone is 1. The summed E-state index contributed by atoms with van der Waals surface area (Å²) in [6.45, 7) is 7.81. The highest BCUT2D eigenvalue weighted by Gasteiger charge is 2.09. The quantitative estimate of drug-likeness (QED) is 0.417. The van der Waals surface area contributed by atoms with E-state index in [-0.39, 0.29) is 12.4 Å². The summed E-state index contributed by atoms with van der Waals surface area (Å²) in [6.07, 6.45) is 5.27. The second kappa shape index (κ2) is 8.39. The van der Waals surface area contributed by atoms with Crippen LogP contribution in [-0.2, 0) is 0 Å². The molecule has 0 aliphatic carbocycles. The lowest BCUT2D eigenvalue weighted by Gasteiger charge is -2.28. The van der Waals surface area contributed by atoms with Crippen LogP contribution < -0.4 is 17.7 Å². The molecular weight excluding hydrogens is 184 g/mol. The number of halogens is 1. The maximum Gasteiger partial charge on any atom is 0.0799 e. The first kappa shape index (κ1) is 15.3. The molecule has 0 aromatic carbocycles. The van der Waals surface area contributed by atoms with Crippen LogP contribution in [0.2, 0.25) is 0 Å². The summed E-state index contributed by atoms with van der Waals surface area (Å²) in [4.78, 5) is 0. The van der Waals surface area contributed by atoms with Crippen molar-refractivity contribution in [1.82, 2.24) is 5.32 Å². The summed E-state index contributed by atoms with van der Waals surface area (Å²) in [5, 5.41) is 3.24. The van der Waals surface area contributed by atoms with Crippen molar-refractivity contribution in [3.8, 4) is 0 Å². The zero-order chi connectivity index (χ0) is 9.45. The fourth-order valence-electron chi connectivity index (χ4n) is 0.968. The van der Waals surface area contributed by atoms with E-state index < -0.39 is 0 Å². The summed E-state index contributed by atoms with van der Waals surface area (Å²) in [5.41, 5.74) is 0. The fraction of sp³-hybridized carbons (Fsp3) is 0.800. The number of hydrogen-bond acceptors (Lipinski definition) is 1. The highest BCUT2D eigenvalue weighted by Crippen LogP contribution is 1.96. The van der Waals surface area contributed by atoms with Gasteiger partial charge in [0.25, 0.3) is 0 Å². The first-order valence-electron chi connectivity index (χ1n) is 4.79. The molecule has 0 atom stereocenters. The third-order valence-corrected chi connectivity index (χ3v) is 2.23. The molecule has 0 amide bonds. The van der Waals surface area contributed by atoms with Crippen molar-refractivity contribution in [3.05, 3.63) is 12.3 Å². The first-order chi connectivity index (χ1) is 5.62. The Balaban J connectivity index is 0. The molecule has 0 unspecified atom stereocenters. The molecule has 0 heterocycles. The topological polar surface area (TPSA) is 12.0 Å². The Morgan fingerprint density at radius 2 is 1.92 bits per heavy atom. The van der Waals surface area contributed by atoms with Crippen LogP contribution in [0.25, 0.3) is 0 Å². The van der Waals surface area contributed by atoms with Crippen LogP contribution in [-0.4, -0.2) is 38.2 Å². The van der Waals surface area contributed by atoms with Crippen LogP contribution in [0.3, 0.4) is 0 Å². The third-order valence-electron chi connectivity index (χ3n) is 2.23. The minimum absolute atomic E-state index is 0. The lowest BCUT2D eigenvalue weighted by atomic mass is 10.3. The maximum atomic E-state index is 3.24. The summed E-state index contributed by atoms with van der Waals surface area (Å²) in [5.74, 6) is 0. The third kappa shape index (κ3) is 9.71. The van der Waals surface area contributed by atoms with Gasteiger partial charge in [-0.15, -0.1) is 0 Å². The van der Waals surface area contributed by atoms with Crippen LogP contribution in [0.4, 0.5) is 0 Å². The van der Waals surface area contributed by atoms with Crippen molar-refractivity contribution in [2.75, 3.05) is 33.7 Å². The van der Waals surface area contributed by atoms with Gasteiger partial charge in [0, 0.05) is 13.0 Å². The van der Waals surface area contributed by atoms with Gasteiger partial charge in [0.2, 0.25) is 0 Å². The Hall–Kier alpha value is -0.210. The minimum Gasteiger partial charge on any atom is -1.00 e. The van der Waals surface area contributed by atoms with Gasteiger partial charge in [0.1, 0.15) is 0 Å². The molecule has 0 aromatic heterocycles. The van der Waals surface area contributed by atoms with Crippen LogP contribution >= 0.6 is 0 Å². The zero-order valence-electron chi connectivity index (χ0n) is 9.31. The van der Waals surface area contributed by atoms with Crippen LogP contribution in [0.5, 0.6) is 0 Å².